The predicted molar refractivity (Wildman–Crippen MR) is 101 cm³/mol. The summed E-state index contributed by atoms with van der Waals surface area (Å²) in [5.74, 6) is 0.189. The second-order valence-electron chi connectivity index (χ2n) is 5.96. The Kier molecular flexibility index (Phi) is 5.59. The minimum atomic E-state index is -0.176. The van der Waals surface area contributed by atoms with Crippen molar-refractivity contribution in [2.45, 2.75) is 6.92 Å². The number of amidine groups is 1. The topological polar surface area (TPSA) is 116 Å². The lowest BCUT2D eigenvalue weighted by Crippen LogP contribution is -2.36. The van der Waals surface area contributed by atoms with Crippen LogP contribution in [0.4, 0.5) is 17.1 Å². The zero-order valence-corrected chi connectivity index (χ0v) is 14.7. The molecule has 1 aromatic rings. The number of morpholine rings is 1. The van der Waals surface area contributed by atoms with Crippen molar-refractivity contribution in [3.63, 3.8) is 0 Å². The fraction of sp³-hybridized carbons (Fsp3) is 0.412. The molecule has 0 unspecified atom stereocenters. The van der Waals surface area contributed by atoms with Crippen molar-refractivity contribution in [2.75, 3.05) is 49.7 Å². The summed E-state index contributed by atoms with van der Waals surface area (Å²) >= 11 is 0. The molecule has 2 aliphatic heterocycles. The van der Waals surface area contributed by atoms with Gasteiger partial charge in [-0.3, -0.25) is 10.5 Å². The molecule has 0 saturated carbocycles. The summed E-state index contributed by atoms with van der Waals surface area (Å²) in [6, 6.07) is 5.71. The van der Waals surface area contributed by atoms with Crippen LogP contribution in [0.2, 0.25) is 0 Å². The SMILES string of the molecule is CC(=O)Nc1cc(N2CCOCC2)ccc1N=C1C=N[N+](CCO)=C1N. The zero-order valence-electron chi connectivity index (χ0n) is 14.7. The standard InChI is InChI=1S/C17H22N6O3/c1-12(25)20-15-10-13(22-5-8-26-9-6-22)2-3-14(15)21-16-11-19-23(4-7-24)17(16)18/h2-3,10-11,24H,4-9H2,1H3,(H2,18,19,20,25)/p+1. The van der Waals surface area contributed by atoms with E-state index in [-0.39, 0.29) is 12.5 Å². The van der Waals surface area contributed by atoms with E-state index in [0.29, 0.717) is 42.7 Å². The number of aliphatic hydroxyl groups excluding tert-OH is 1. The lowest BCUT2D eigenvalue weighted by molar-refractivity contribution is -0.532. The minimum Gasteiger partial charge on any atom is -0.392 e. The molecule has 0 atom stereocenters. The quantitative estimate of drug-likeness (QED) is 0.636. The van der Waals surface area contributed by atoms with Gasteiger partial charge in [-0.15, -0.1) is 4.68 Å². The molecule has 1 fully saturated rings. The van der Waals surface area contributed by atoms with Crippen LogP contribution >= 0.6 is 0 Å². The number of aliphatic imine (C=N–C) groups is 1. The van der Waals surface area contributed by atoms with E-state index in [1.54, 1.807) is 6.21 Å². The number of carbonyl (C=O) groups excluding carboxylic acids is 1. The summed E-state index contributed by atoms with van der Waals surface area (Å²) in [6.07, 6.45) is 1.54. The summed E-state index contributed by atoms with van der Waals surface area (Å²) in [5, 5.41) is 16.0. The van der Waals surface area contributed by atoms with E-state index in [4.69, 9.17) is 15.6 Å². The van der Waals surface area contributed by atoms with Gasteiger partial charge in [-0.1, -0.05) is 5.10 Å². The number of benzene rings is 1. The highest BCUT2D eigenvalue weighted by molar-refractivity contribution is 6.62. The number of hydrogen-bond donors (Lipinski definition) is 3. The Morgan fingerprint density at radius 1 is 1.46 bits per heavy atom. The number of hydrogen-bond acceptors (Lipinski definition) is 7. The Hall–Kier alpha value is -2.78. The molecule has 3 rings (SSSR count). The van der Waals surface area contributed by atoms with Gasteiger partial charge < -0.3 is 20.1 Å². The van der Waals surface area contributed by atoms with Crippen LogP contribution in [-0.4, -0.2) is 72.9 Å². The van der Waals surface area contributed by atoms with Gasteiger partial charge in [-0.05, 0) is 18.2 Å². The van der Waals surface area contributed by atoms with Crippen molar-refractivity contribution in [1.82, 2.24) is 0 Å². The van der Waals surface area contributed by atoms with Gasteiger partial charge in [0.25, 0.3) is 0 Å². The number of ether oxygens (including phenoxy) is 1. The van der Waals surface area contributed by atoms with E-state index < -0.39 is 0 Å². The number of nitrogens with two attached hydrogens (primary N) is 1. The Labute approximate surface area is 151 Å². The normalized spacial score (nSPS) is 18.7. The molecule has 0 spiro atoms. The molecule has 0 aromatic heterocycles. The van der Waals surface area contributed by atoms with Crippen LogP contribution in [-0.2, 0) is 9.53 Å². The van der Waals surface area contributed by atoms with E-state index in [1.165, 1.54) is 11.6 Å². The van der Waals surface area contributed by atoms with Crippen LogP contribution in [0, 0.1) is 0 Å². The van der Waals surface area contributed by atoms with Gasteiger partial charge in [0.05, 0.1) is 31.2 Å². The summed E-state index contributed by atoms with van der Waals surface area (Å²) < 4.78 is 6.87. The second kappa shape index (κ2) is 8.07. The highest BCUT2D eigenvalue weighted by Gasteiger charge is 2.22. The first-order valence-electron chi connectivity index (χ1n) is 8.46. The molecule has 2 heterocycles. The van der Waals surface area contributed by atoms with Crippen molar-refractivity contribution in [3.8, 4) is 0 Å². The Balaban J connectivity index is 1.92. The van der Waals surface area contributed by atoms with Crippen molar-refractivity contribution in [2.24, 2.45) is 15.8 Å². The monoisotopic (exact) mass is 359 g/mol. The van der Waals surface area contributed by atoms with Gasteiger partial charge in [0, 0.05) is 25.7 Å². The van der Waals surface area contributed by atoms with Gasteiger partial charge in [0.15, 0.2) is 5.71 Å². The van der Waals surface area contributed by atoms with Crippen LogP contribution in [0.1, 0.15) is 6.92 Å². The van der Waals surface area contributed by atoms with Crippen LogP contribution in [0.5, 0.6) is 0 Å². The van der Waals surface area contributed by atoms with Crippen LogP contribution in [0.3, 0.4) is 0 Å². The third-order valence-electron chi connectivity index (χ3n) is 4.08. The molecule has 4 N–H and O–H groups in total. The van der Waals surface area contributed by atoms with E-state index in [9.17, 15) is 4.79 Å². The molecule has 0 bridgehead atoms. The molecule has 2 aliphatic rings. The maximum Gasteiger partial charge on any atom is 0.321 e. The van der Waals surface area contributed by atoms with Crippen molar-refractivity contribution < 1.29 is 19.3 Å². The number of nitrogens with one attached hydrogen (secondary N) is 1. The highest BCUT2D eigenvalue weighted by atomic mass is 16.5. The summed E-state index contributed by atoms with van der Waals surface area (Å²) in [6.45, 7) is 4.67. The average molecular weight is 359 g/mol. The molecule has 0 radical (unpaired) electrons. The van der Waals surface area contributed by atoms with Crippen molar-refractivity contribution in [3.05, 3.63) is 18.2 Å². The summed E-state index contributed by atoms with van der Waals surface area (Å²) in [5.41, 5.74) is 8.71. The Bertz CT molecular complexity index is 781. The Morgan fingerprint density at radius 3 is 2.92 bits per heavy atom. The number of carbonyl (C=O) groups is 1. The first kappa shape index (κ1) is 18.0. The number of amides is 1. The Morgan fingerprint density at radius 2 is 2.23 bits per heavy atom. The third-order valence-corrected chi connectivity index (χ3v) is 4.08. The fourth-order valence-electron chi connectivity index (χ4n) is 2.80. The molecular weight excluding hydrogens is 336 g/mol. The fourth-order valence-corrected chi connectivity index (χ4v) is 2.80. The maximum atomic E-state index is 11.6. The number of anilines is 2. The molecule has 1 amide bonds. The lowest BCUT2D eigenvalue weighted by atomic mass is 10.2. The van der Waals surface area contributed by atoms with E-state index in [2.05, 4.69) is 20.3 Å². The number of aliphatic hydroxyl groups is 1. The molecule has 1 aromatic carbocycles. The lowest BCUT2D eigenvalue weighted by Gasteiger charge is -2.29. The van der Waals surface area contributed by atoms with Gasteiger partial charge in [0.1, 0.15) is 12.8 Å². The summed E-state index contributed by atoms with van der Waals surface area (Å²) in [4.78, 5) is 18.3. The van der Waals surface area contributed by atoms with Gasteiger partial charge in [0.2, 0.25) is 5.91 Å². The minimum absolute atomic E-state index is 0.0588. The predicted octanol–water partition coefficient (Wildman–Crippen LogP) is -0.0845. The molecule has 1 saturated heterocycles. The molecule has 0 aliphatic carbocycles. The van der Waals surface area contributed by atoms with E-state index >= 15 is 0 Å². The number of hydrazone groups is 1. The molecule has 9 heteroatoms. The molecule has 9 nitrogen and oxygen atoms in total. The largest absolute Gasteiger partial charge is 0.392 e. The highest BCUT2D eigenvalue weighted by Crippen LogP contribution is 2.31. The smallest absolute Gasteiger partial charge is 0.321 e. The van der Waals surface area contributed by atoms with E-state index in [0.717, 1.165) is 18.8 Å². The number of β-amino-alcohol motifs (C(OH)–C–C–N with tert-alkyl or cyclic N) is 1. The van der Waals surface area contributed by atoms with Gasteiger partial charge >= 0.3 is 5.84 Å². The third kappa shape index (κ3) is 4.06. The average Bonchev–Trinajstić information content (AvgIpc) is 2.97. The van der Waals surface area contributed by atoms with Crippen molar-refractivity contribution in [1.29, 1.82) is 0 Å². The first-order chi connectivity index (χ1) is 12.6. The molecule has 138 valence electrons. The van der Waals surface area contributed by atoms with Crippen molar-refractivity contribution >= 4 is 40.7 Å². The maximum absolute atomic E-state index is 11.6. The summed E-state index contributed by atoms with van der Waals surface area (Å²) in [7, 11) is 0. The molecule has 26 heavy (non-hydrogen) atoms. The van der Waals surface area contributed by atoms with Crippen LogP contribution < -0.4 is 16.0 Å². The van der Waals surface area contributed by atoms with Crippen LogP contribution in [0.15, 0.2) is 28.3 Å². The first-order valence-corrected chi connectivity index (χ1v) is 8.46. The zero-order chi connectivity index (χ0) is 18.5. The van der Waals surface area contributed by atoms with Gasteiger partial charge in [-0.25, -0.2) is 4.99 Å². The number of rotatable bonds is 5. The number of nitrogens with zero attached hydrogens (tertiary/aromatic N) is 4. The second-order valence-corrected chi connectivity index (χ2v) is 5.96. The van der Waals surface area contributed by atoms with E-state index in [1.807, 2.05) is 18.2 Å². The molecular formula is C17H23N6O3+. The van der Waals surface area contributed by atoms with Gasteiger partial charge in [-0.2, -0.15) is 0 Å². The van der Waals surface area contributed by atoms with Crippen LogP contribution in [0.25, 0.3) is 0 Å².